The van der Waals surface area contributed by atoms with Gasteiger partial charge in [0.05, 0.1) is 16.5 Å². The summed E-state index contributed by atoms with van der Waals surface area (Å²) in [4.78, 5) is 24.3. The summed E-state index contributed by atoms with van der Waals surface area (Å²) < 4.78 is 14.0. The van der Waals surface area contributed by atoms with E-state index < -0.39 is 17.7 Å². The summed E-state index contributed by atoms with van der Waals surface area (Å²) in [6.45, 7) is 5.65. The number of benzene rings is 1. The lowest BCUT2D eigenvalue weighted by atomic mass is 10.2. The Morgan fingerprint density at radius 2 is 1.90 bits per heavy atom. The van der Waals surface area contributed by atoms with E-state index in [1.807, 2.05) is 0 Å². The molecular weight excluding hydrogens is 507 g/mol. The number of amides is 1. The number of nitrogens with one attached hydrogen (secondary N) is 2. The molecular formula is C19H21Cl3N2O5S2. The Balaban J connectivity index is 1.80. The molecule has 2 aromatic rings. The van der Waals surface area contributed by atoms with Gasteiger partial charge in [0.1, 0.15) is 25.6 Å². The fourth-order valence-corrected chi connectivity index (χ4v) is 4.98. The molecule has 31 heavy (non-hydrogen) atoms. The van der Waals surface area contributed by atoms with Crippen LogP contribution in [0.25, 0.3) is 0 Å². The average Bonchev–Trinajstić information content (AvgIpc) is 2.89. The Bertz CT molecular complexity index is 947. The van der Waals surface area contributed by atoms with Crippen LogP contribution in [0.2, 0.25) is 13.7 Å². The molecule has 0 fully saturated rings. The van der Waals surface area contributed by atoms with E-state index in [0.29, 0.717) is 30.7 Å². The van der Waals surface area contributed by atoms with E-state index in [0.717, 1.165) is 23.3 Å². The standard InChI is InChI=1S/C19H21Cl3N2O5S2/c1-19(2,3)29-18(27)23-7-4-8-28-17(26)11-6-5-10(9-12(11)25)24-31-14-13(20)15(21)30-16(14)22/h5-6,9,24-25H,4,7-8H2,1-3H3,(H,23,27). The minimum absolute atomic E-state index is 0.0188. The van der Waals surface area contributed by atoms with Gasteiger partial charge in [0.2, 0.25) is 0 Å². The number of thiophene rings is 1. The molecule has 170 valence electrons. The largest absolute Gasteiger partial charge is 0.507 e. The predicted molar refractivity (Wildman–Crippen MR) is 126 cm³/mol. The van der Waals surface area contributed by atoms with Crippen LogP contribution in [-0.4, -0.2) is 35.9 Å². The van der Waals surface area contributed by atoms with Crippen LogP contribution in [0.1, 0.15) is 37.6 Å². The fourth-order valence-electron chi connectivity index (χ4n) is 2.13. The molecule has 1 aromatic carbocycles. The first-order valence-corrected chi connectivity index (χ1v) is 11.8. The number of anilines is 1. The highest BCUT2D eigenvalue weighted by Crippen LogP contribution is 2.45. The maximum absolute atomic E-state index is 12.2. The van der Waals surface area contributed by atoms with Crippen LogP contribution in [-0.2, 0) is 9.47 Å². The van der Waals surface area contributed by atoms with E-state index in [4.69, 9.17) is 44.3 Å². The van der Waals surface area contributed by atoms with Crippen LogP contribution < -0.4 is 10.0 Å². The van der Waals surface area contributed by atoms with Crippen molar-refractivity contribution in [3.8, 4) is 5.75 Å². The molecule has 3 N–H and O–H groups in total. The van der Waals surface area contributed by atoms with Gasteiger partial charge in [-0.05, 0) is 51.3 Å². The quantitative estimate of drug-likeness (QED) is 0.202. The molecule has 0 spiro atoms. The first kappa shape index (κ1) is 25.7. The number of rotatable bonds is 8. The molecule has 0 aliphatic heterocycles. The number of alkyl carbamates (subject to hydrolysis) is 1. The Morgan fingerprint density at radius 3 is 2.48 bits per heavy atom. The van der Waals surface area contributed by atoms with Crippen molar-refractivity contribution in [2.24, 2.45) is 0 Å². The van der Waals surface area contributed by atoms with Crippen LogP contribution in [0, 0.1) is 0 Å². The zero-order chi connectivity index (χ0) is 23.2. The van der Waals surface area contributed by atoms with Crippen LogP contribution in [0.5, 0.6) is 5.75 Å². The van der Waals surface area contributed by atoms with Crippen molar-refractivity contribution in [1.82, 2.24) is 5.32 Å². The number of aromatic hydroxyl groups is 1. The molecule has 1 aromatic heterocycles. The highest BCUT2D eigenvalue weighted by molar-refractivity contribution is 8.01. The maximum atomic E-state index is 12.2. The smallest absolute Gasteiger partial charge is 0.407 e. The summed E-state index contributed by atoms with van der Waals surface area (Å²) >= 11 is 20.4. The number of phenols is 1. The second-order valence-electron chi connectivity index (χ2n) is 7.15. The zero-order valence-electron chi connectivity index (χ0n) is 16.9. The molecule has 0 unspecified atom stereocenters. The van der Waals surface area contributed by atoms with Crippen molar-refractivity contribution in [2.45, 2.75) is 37.7 Å². The number of carbonyl (C=O) groups excluding carboxylic acids is 2. The second kappa shape index (κ2) is 11.4. The second-order valence-corrected chi connectivity index (χ2v) is 10.6. The molecule has 0 aliphatic carbocycles. The summed E-state index contributed by atoms with van der Waals surface area (Å²) in [6.07, 6.45) is -0.142. The first-order chi connectivity index (χ1) is 14.5. The van der Waals surface area contributed by atoms with Crippen molar-refractivity contribution in [1.29, 1.82) is 0 Å². The van der Waals surface area contributed by atoms with E-state index in [9.17, 15) is 14.7 Å². The van der Waals surface area contributed by atoms with Crippen molar-refractivity contribution in [3.05, 3.63) is 37.5 Å². The van der Waals surface area contributed by atoms with Gasteiger partial charge in [-0.2, -0.15) is 0 Å². The molecule has 0 saturated heterocycles. The van der Waals surface area contributed by atoms with Gasteiger partial charge in [-0.25, -0.2) is 9.59 Å². The van der Waals surface area contributed by atoms with Crippen LogP contribution in [0.3, 0.4) is 0 Å². The molecule has 0 bridgehead atoms. The summed E-state index contributed by atoms with van der Waals surface area (Å²) in [6, 6.07) is 4.41. The van der Waals surface area contributed by atoms with Gasteiger partial charge in [0.25, 0.3) is 0 Å². The Kier molecular flexibility index (Phi) is 9.45. The van der Waals surface area contributed by atoms with Gasteiger partial charge in [0.15, 0.2) is 0 Å². The number of phenolic OH excluding ortho intramolecular Hbond substituents is 1. The number of halogens is 3. The van der Waals surface area contributed by atoms with Crippen molar-refractivity contribution in [2.75, 3.05) is 17.9 Å². The molecule has 1 amide bonds. The van der Waals surface area contributed by atoms with Crippen LogP contribution >= 0.6 is 58.1 Å². The first-order valence-electron chi connectivity index (χ1n) is 9.01. The normalized spacial score (nSPS) is 11.2. The van der Waals surface area contributed by atoms with Gasteiger partial charge >= 0.3 is 12.1 Å². The predicted octanol–water partition coefficient (Wildman–Crippen LogP) is 6.60. The lowest BCUT2D eigenvalue weighted by Gasteiger charge is -2.19. The van der Waals surface area contributed by atoms with Gasteiger partial charge in [0, 0.05) is 18.3 Å². The third-order valence-corrected chi connectivity index (χ3v) is 6.94. The van der Waals surface area contributed by atoms with Crippen LogP contribution in [0.15, 0.2) is 23.1 Å². The third-order valence-electron chi connectivity index (χ3n) is 3.44. The number of hydrogen-bond donors (Lipinski definition) is 3. The topological polar surface area (TPSA) is 96.9 Å². The fraction of sp³-hybridized carbons (Fsp3) is 0.368. The van der Waals surface area contributed by atoms with E-state index in [1.165, 1.54) is 12.1 Å². The maximum Gasteiger partial charge on any atom is 0.407 e. The number of ether oxygens (including phenoxy) is 2. The van der Waals surface area contributed by atoms with E-state index in [2.05, 4.69) is 10.0 Å². The number of hydrogen-bond acceptors (Lipinski definition) is 8. The molecule has 0 atom stereocenters. The summed E-state index contributed by atoms with van der Waals surface area (Å²) in [7, 11) is 0. The van der Waals surface area contributed by atoms with Crippen LogP contribution in [0.4, 0.5) is 10.5 Å². The van der Waals surface area contributed by atoms with E-state index in [1.54, 1.807) is 26.8 Å². The lowest BCUT2D eigenvalue weighted by molar-refractivity contribution is 0.0481. The van der Waals surface area contributed by atoms with E-state index >= 15 is 0 Å². The molecule has 0 radical (unpaired) electrons. The van der Waals surface area contributed by atoms with E-state index in [-0.39, 0.29) is 24.5 Å². The molecule has 12 heteroatoms. The van der Waals surface area contributed by atoms with Crippen molar-refractivity contribution in [3.63, 3.8) is 0 Å². The SMILES string of the molecule is CC(C)(C)OC(=O)NCCCOC(=O)c1ccc(NSc2c(Cl)sc(Cl)c2Cl)cc1O. The number of carbonyl (C=O) groups is 2. The zero-order valence-corrected chi connectivity index (χ0v) is 20.8. The van der Waals surface area contributed by atoms with Gasteiger partial charge < -0.3 is 24.6 Å². The van der Waals surface area contributed by atoms with Crippen molar-refractivity contribution < 1.29 is 24.2 Å². The summed E-state index contributed by atoms with van der Waals surface area (Å²) in [5, 5.41) is 13.1. The van der Waals surface area contributed by atoms with Gasteiger partial charge in [-0.1, -0.05) is 34.8 Å². The monoisotopic (exact) mass is 526 g/mol. The minimum atomic E-state index is -0.676. The Labute approximate surface area is 203 Å². The Hall–Kier alpha value is -1.52. The summed E-state index contributed by atoms with van der Waals surface area (Å²) in [5.74, 6) is -0.923. The van der Waals surface area contributed by atoms with Gasteiger partial charge in [-0.3, -0.25) is 0 Å². The molecule has 1 heterocycles. The number of esters is 1. The highest BCUT2D eigenvalue weighted by Gasteiger charge is 2.17. The van der Waals surface area contributed by atoms with Gasteiger partial charge in [-0.15, -0.1) is 11.3 Å². The minimum Gasteiger partial charge on any atom is -0.507 e. The molecule has 0 aliphatic rings. The molecule has 2 rings (SSSR count). The van der Waals surface area contributed by atoms with Crippen molar-refractivity contribution >= 4 is 75.8 Å². The summed E-state index contributed by atoms with van der Waals surface area (Å²) in [5.41, 5.74) is -0.0385. The molecule has 0 saturated carbocycles. The Morgan fingerprint density at radius 1 is 1.19 bits per heavy atom. The average molecular weight is 528 g/mol. The highest BCUT2D eigenvalue weighted by atomic mass is 35.5. The third kappa shape index (κ3) is 8.16. The molecule has 7 nitrogen and oxygen atoms in total. The lowest BCUT2D eigenvalue weighted by Crippen LogP contribution is -2.33.